The van der Waals surface area contributed by atoms with E-state index < -0.39 is 0 Å². The van der Waals surface area contributed by atoms with Gasteiger partial charge in [-0.3, -0.25) is 5.32 Å². The number of piperidine rings is 1. The van der Waals surface area contributed by atoms with Crippen LogP contribution in [0, 0.1) is 11.3 Å². The van der Waals surface area contributed by atoms with Gasteiger partial charge in [0.25, 0.3) is 0 Å². The van der Waals surface area contributed by atoms with Crippen molar-refractivity contribution in [3.63, 3.8) is 0 Å². The zero-order valence-corrected chi connectivity index (χ0v) is 9.58. The number of nitriles is 1. The largest absolute Gasteiger partial charge is 0.299 e. The van der Waals surface area contributed by atoms with Gasteiger partial charge in [-0.2, -0.15) is 5.26 Å². The first-order valence-electron chi connectivity index (χ1n) is 6.05. The molecule has 16 heavy (non-hydrogen) atoms. The molecule has 1 fully saturated rings. The molecule has 1 atom stereocenters. The molecule has 0 bridgehead atoms. The SMILES string of the molecule is N#CC1(CCc2ccccc2)CCCCN1. The Labute approximate surface area is 97.3 Å². The van der Waals surface area contributed by atoms with Crippen molar-refractivity contribution in [1.29, 1.82) is 5.26 Å². The third kappa shape index (κ3) is 2.62. The summed E-state index contributed by atoms with van der Waals surface area (Å²) in [6, 6.07) is 12.9. The maximum Gasteiger partial charge on any atom is 0.107 e. The summed E-state index contributed by atoms with van der Waals surface area (Å²) in [6.07, 6.45) is 5.29. The molecule has 1 heterocycles. The van der Waals surface area contributed by atoms with Crippen molar-refractivity contribution in [3.8, 4) is 6.07 Å². The van der Waals surface area contributed by atoms with Crippen LogP contribution in [0.4, 0.5) is 0 Å². The summed E-state index contributed by atoms with van der Waals surface area (Å²) in [6.45, 7) is 0.988. The van der Waals surface area contributed by atoms with E-state index in [1.165, 1.54) is 18.4 Å². The van der Waals surface area contributed by atoms with Gasteiger partial charge in [0, 0.05) is 0 Å². The number of nitrogens with zero attached hydrogens (tertiary/aromatic N) is 1. The zero-order chi connectivity index (χ0) is 11.3. The Morgan fingerprint density at radius 2 is 2.06 bits per heavy atom. The van der Waals surface area contributed by atoms with E-state index >= 15 is 0 Å². The van der Waals surface area contributed by atoms with E-state index in [-0.39, 0.29) is 5.54 Å². The Bertz CT molecular complexity index is 358. The summed E-state index contributed by atoms with van der Waals surface area (Å²) in [5.41, 5.74) is 1.05. The lowest BCUT2D eigenvalue weighted by atomic mass is 9.85. The molecule has 0 aromatic heterocycles. The third-order valence-electron chi connectivity index (χ3n) is 3.39. The summed E-state index contributed by atoms with van der Waals surface area (Å²) in [5.74, 6) is 0. The van der Waals surface area contributed by atoms with E-state index in [1.807, 2.05) is 6.07 Å². The van der Waals surface area contributed by atoms with Gasteiger partial charge in [-0.1, -0.05) is 30.3 Å². The predicted octanol–water partition coefficient (Wildman–Crippen LogP) is 2.66. The van der Waals surface area contributed by atoms with Crippen LogP contribution in [0.2, 0.25) is 0 Å². The molecule has 0 spiro atoms. The second kappa shape index (κ2) is 5.14. The van der Waals surface area contributed by atoms with Gasteiger partial charge in [-0.15, -0.1) is 0 Å². The summed E-state index contributed by atoms with van der Waals surface area (Å²) < 4.78 is 0. The van der Waals surface area contributed by atoms with Crippen LogP contribution < -0.4 is 5.32 Å². The molecule has 0 aliphatic carbocycles. The summed E-state index contributed by atoms with van der Waals surface area (Å²) in [4.78, 5) is 0. The van der Waals surface area contributed by atoms with E-state index in [0.29, 0.717) is 0 Å². The number of hydrogen-bond acceptors (Lipinski definition) is 2. The molecule has 1 aromatic rings. The van der Waals surface area contributed by atoms with Gasteiger partial charge in [0.1, 0.15) is 5.54 Å². The fourth-order valence-electron chi connectivity index (χ4n) is 2.33. The van der Waals surface area contributed by atoms with Crippen LogP contribution >= 0.6 is 0 Å². The normalized spacial score (nSPS) is 24.9. The minimum Gasteiger partial charge on any atom is -0.299 e. The highest BCUT2D eigenvalue weighted by atomic mass is 15.0. The molecule has 1 aliphatic rings. The highest BCUT2D eigenvalue weighted by Crippen LogP contribution is 2.23. The zero-order valence-electron chi connectivity index (χ0n) is 9.58. The standard InChI is InChI=1S/C14H18N2/c15-12-14(9-4-5-11-16-14)10-8-13-6-2-1-3-7-13/h1-3,6-7,16H,4-5,8-11H2. The van der Waals surface area contributed by atoms with E-state index in [4.69, 9.17) is 0 Å². The molecule has 0 saturated carbocycles. The van der Waals surface area contributed by atoms with Gasteiger partial charge >= 0.3 is 0 Å². The van der Waals surface area contributed by atoms with Gasteiger partial charge in [0.2, 0.25) is 0 Å². The van der Waals surface area contributed by atoms with E-state index in [0.717, 1.165) is 25.8 Å². The lowest BCUT2D eigenvalue weighted by molar-refractivity contribution is 0.305. The van der Waals surface area contributed by atoms with Gasteiger partial charge in [0.15, 0.2) is 0 Å². The molecular weight excluding hydrogens is 196 g/mol. The molecule has 2 nitrogen and oxygen atoms in total. The van der Waals surface area contributed by atoms with Crippen LogP contribution in [0.25, 0.3) is 0 Å². The Balaban J connectivity index is 1.95. The maximum atomic E-state index is 9.31. The lowest BCUT2D eigenvalue weighted by Crippen LogP contribution is -2.47. The first-order chi connectivity index (χ1) is 7.85. The molecule has 1 unspecified atom stereocenters. The minimum atomic E-state index is -0.270. The average Bonchev–Trinajstić information content (AvgIpc) is 2.39. The van der Waals surface area contributed by atoms with Gasteiger partial charge < -0.3 is 0 Å². The van der Waals surface area contributed by atoms with Crippen LogP contribution in [0.5, 0.6) is 0 Å². The van der Waals surface area contributed by atoms with Crippen LogP contribution in [-0.4, -0.2) is 12.1 Å². The van der Waals surface area contributed by atoms with Crippen molar-refractivity contribution in [1.82, 2.24) is 5.32 Å². The van der Waals surface area contributed by atoms with Crippen molar-refractivity contribution < 1.29 is 0 Å². The topological polar surface area (TPSA) is 35.8 Å². The highest BCUT2D eigenvalue weighted by Gasteiger charge is 2.30. The summed E-state index contributed by atoms with van der Waals surface area (Å²) >= 11 is 0. The third-order valence-corrected chi connectivity index (χ3v) is 3.39. The first-order valence-corrected chi connectivity index (χ1v) is 6.05. The monoisotopic (exact) mass is 214 g/mol. The number of nitrogens with one attached hydrogen (secondary N) is 1. The fourth-order valence-corrected chi connectivity index (χ4v) is 2.33. The Hall–Kier alpha value is -1.33. The molecular formula is C14H18N2. The molecule has 84 valence electrons. The number of aryl methyl sites for hydroxylation is 1. The summed E-state index contributed by atoms with van der Waals surface area (Å²) in [5, 5.41) is 12.7. The highest BCUT2D eigenvalue weighted by molar-refractivity contribution is 5.17. The van der Waals surface area contributed by atoms with Crippen molar-refractivity contribution in [3.05, 3.63) is 35.9 Å². The van der Waals surface area contributed by atoms with Gasteiger partial charge in [-0.25, -0.2) is 0 Å². The Morgan fingerprint density at radius 1 is 1.25 bits per heavy atom. The molecule has 0 radical (unpaired) electrons. The summed E-state index contributed by atoms with van der Waals surface area (Å²) in [7, 11) is 0. The van der Waals surface area contributed by atoms with Crippen molar-refractivity contribution in [2.45, 2.75) is 37.6 Å². The van der Waals surface area contributed by atoms with Crippen molar-refractivity contribution >= 4 is 0 Å². The number of benzene rings is 1. The van der Waals surface area contributed by atoms with E-state index in [9.17, 15) is 5.26 Å². The maximum absolute atomic E-state index is 9.31. The fraction of sp³-hybridized carbons (Fsp3) is 0.500. The van der Waals surface area contributed by atoms with Crippen LogP contribution in [0.3, 0.4) is 0 Å². The molecule has 2 heteroatoms. The van der Waals surface area contributed by atoms with Gasteiger partial charge in [0.05, 0.1) is 6.07 Å². The number of rotatable bonds is 3. The van der Waals surface area contributed by atoms with Crippen molar-refractivity contribution in [2.75, 3.05) is 6.54 Å². The molecule has 1 saturated heterocycles. The van der Waals surface area contributed by atoms with Crippen LogP contribution in [0.1, 0.15) is 31.2 Å². The van der Waals surface area contributed by atoms with Crippen LogP contribution in [-0.2, 0) is 6.42 Å². The van der Waals surface area contributed by atoms with Crippen LogP contribution in [0.15, 0.2) is 30.3 Å². The second-order valence-electron chi connectivity index (χ2n) is 4.56. The Morgan fingerprint density at radius 3 is 2.69 bits per heavy atom. The average molecular weight is 214 g/mol. The van der Waals surface area contributed by atoms with E-state index in [1.54, 1.807) is 0 Å². The molecule has 1 aliphatic heterocycles. The lowest BCUT2D eigenvalue weighted by Gasteiger charge is -2.32. The number of hydrogen-bond donors (Lipinski definition) is 1. The second-order valence-corrected chi connectivity index (χ2v) is 4.56. The van der Waals surface area contributed by atoms with E-state index in [2.05, 4.69) is 35.7 Å². The quantitative estimate of drug-likeness (QED) is 0.839. The minimum absolute atomic E-state index is 0.270. The first kappa shape index (κ1) is 11.2. The molecule has 1 aromatic carbocycles. The Kier molecular flexibility index (Phi) is 3.58. The molecule has 2 rings (SSSR count). The molecule has 0 amide bonds. The van der Waals surface area contributed by atoms with Crippen molar-refractivity contribution in [2.24, 2.45) is 0 Å². The molecule has 1 N–H and O–H groups in total. The smallest absolute Gasteiger partial charge is 0.107 e. The van der Waals surface area contributed by atoms with Gasteiger partial charge in [-0.05, 0) is 44.2 Å². The predicted molar refractivity (Wildman–Crippen MR) is 65.0 cm³/mol.